The molecule has 2 aliphatic rings. The second kappa shape index (κ2) is 7.04. The fourth-order valence-electron chi connectivity index (χ4n) is 4.19. The highest BCUT2D eigenvalue weighted by Crippen LogP contribution is 2.49. The highest BCUT2D eigenvalue weighted by molar-refractivity contribution is 6.32. The smallest absolute Gasteiger partial charge is 0.287 e. The van der Waals surface area contributed by atoms with Crippen LogP contribution < -0.4 is 4.90 Å². The van der Waals surface area contributed by atoms with Crippen LogP contribution in [0.15, 0.2) is 77.8 Å². The molecule has 3 aromatic rings. The number of imide groups is 1. The maximum Gasteiger partial charge on any atom is 0.287 e. The van der Waals surface area contributed by atoms with E-state index >= 15 is 0 Å². The van der Waals surface area contributed by atoms with Crippen LogP contribution in [0.5, 0.6) is 0 Å². The molecular formula is C26H21ClN2O3. The minimum absolute atomic E-state index is 0.391. The van der Waals surface area contributed by atoms with Gasteiger partial charge in [0.2, 0.25) is 5.60 Å². The van der Waals surface area contributed by atoms with Crippen LogP contribution in [0.25, 0.3) is 0 Å². The van der Waals surface area contributed by atoms with Crippen molar-refractivity contribution >= 4 is 40.7 Å². The number of aliphatic imine (C=N–C) groups is 1. The van der Waals surface area contributed by atoms with Crippen LogP contribution in [-0.2, 0) is 15.1 Å². The Hall–Kier alpha value is -3.44. The van der Waals surface area contributed by atoms with Crippen molar-refractivity contribution in [3.8, 4) is 0 Å². The van der Waals surface area contributed by atoms with Gasteiger partial charge in [0.15, 0.2) is 5.90 Å². The van der Waals surface area contributed by atoms with E-state index < -0.39 is 22.8 Å². The van der Waals surface area contributed by atoms with Gasteiger partial charge in [0.1, 0.15) is 0 Å². The number of benzene rings is 3. The number of ether oxygens (including phenoxy) is 1. The Bertz CT molecular complexity index is 1310. The zero-order valence-corrected chi connectivity index (χ0v) is 18.7. The number of anilines is 1. The molecule has 6 heteroatoms. The quantitative estimate of drug-likeness (QED) is 0.440. The maximum atomic E-state index is 14.3. The summed E-state index contributed by atoms with van der Waals surface area (Å²) in [6, 6.07) is 21.2. The van der Waals surface area contributed by atoms with Crippen LogP contribution in [0.2, 0.25) is 5.02 Å². The molecule has 0 bridgehead atoms. The number of carbonyl (C=O) groups excluding carboxylic acids is 2. The maximum absolute atomic E-state index is 14.3. The number of carbonyl (C=O) groups is 2. The molecule has 0 aliphatic carbocycles. The molecule has 1 spiro atoms. The van der Waals surface area contributed by atoms with Crippen LogP contribution in [-0.4, -0.2) is 17.7 Å². The van der Waals surface area contributed by atoms with Gasteiger partial charge in [-0.1, -0.05) is 74.8 Å². The lowest BCUT2D eigenvalue weighted by Gasteiger charge is -2.45. The van der Waals surface area contributed by atoms with Crippen LogP contribution in [0.4, 0.5) is 11.4 Å². The SMILES string of the molecule is CC(C)(C)C1=Nc2ccccc2C2(O1)C(=O)N(c1cccc(Cl)c1)C(=O)c1ccccc12. The van der Waals surface area contributed by atoms with E-state index in [1.807, 2.05) is 51.1 Å². The molecule has 5 rings (SSSR count). The summed E-state index contributed by atoms with van der Waals surface area (Å²) in [7, 11) is 0. The first kappa shape index (κ1) is 20.5. The van der Waals surface area contributed by atoms with Gasteiger partial charge in [0.25, 0.3) is 11.8 Å². The Kier molecular flexibility index (Phi) is 4.50. The number of para-hydroxylation sites is 1. The van der Waals surface area contributed by atoms with Gasteiger partial charge >= 0.3 is 0 Å². The standard InChI is InChI=1S/C26H21ClN2O3/c1-25(2,3)23-28-21-14-7-6-13-20(21)26(32-23)19-12-5-4-11-18(19)22(30)29(24(26)31)17-10-8-9-16(27)15-17/h4-15H,1-3H3. The molecule has 0 saturated carbocycles. The van der Waals surface area contributed by atoms with Crippen molar-refractivity contribution in [2.75, 3.05) is 4.90 Å². The minimum atomic E-state index is -1.55. The number of rotatable bonds is 1. The lowest BCUT2D eigenvalue weighted by atomic mass is 9.77. The fourth-order valence-corrected chi connectivity index (χ4v) is 4.38. The Morgan fingerprint density at radius 3 is 2.31 bits per heavy atom. The average molecular weight is 445 g/mol. The number of nitrogens with zero attached hydrogens (tertiary/aromatic N) is 2. The van der Waals surface area contributed by atoms with E-state index in [2.05, 4.69) is 0 Å². The number of halogens is 1. The highest BCUT2D eigenvalue weighted by atomic mass is 35.5. The van der Waals surface area contributed by atoms with Crippen molar-refractivity contribution in [3.63, 3.8) is 0 Å². The van der Waals surface area contributed by atoms with E-state index in [4.69, 9.17) is 21.3 Å². The summed E-state index contributed by atoms with van der Waals surface area (Å²) in [5, 5.41) is 0.429. The summed E-state index contributed by atoms with van der Waals surface area (Å²) in [5.41, 5.74) is 0.542. The molecule has 0 radical (unpaired) electrons. The van der Waals surface area contributed by atoms with Crippen LogP contribution in [0.1, 0.15) is 42.3 Å². The van der Waals surface area contributed by atoms with E-state index in [0.29, 0.717) is 39.0 Å². The second-order valence-corrected chi connectivity index (χ2v) is 9.37. The van der Waals surface area contributed by atoms with Crippen LogP contribution in [0, 0.1) is 5.41 Å². The summed E-state index contributed by atoms with van der Waals surface area (Å²) >= 11 is 6.20. The van der Waals surface area contributed by atoms with E-state index in [1.54, 1.807) is 42.5 Å². The minimum Gasteiger partial charge on any atom is -0.454 e. The molecule has 2 amide bonds. The zero-order chi connectivity index (χ0) is 22.7. The number of amides is 2. The van der Waals surface area contributed by atoms with Gasteiger partial charge < -0.3 is 4.74 Å². The molecule has 5 nitrogen and oxygen atoms in total. The van der Waals surface area contributed by atoms with Gasteiger partial charge in [-0.3, -0.25) is 9.59 Å². The molecule has 3 aromatic carbocycles. The van der Waals surface area contributed by atoms with Gasteiger partial charge in [-0.2, -0.15) is 0 Å². The summed E-state index contributed by atoms with van der Waals surface area (Å²) in [5.74, 6) is -0.480. The van der Waals surface area contributed by atoms with Gasteiger partial charge in [-0.25, -0.2) is 9.89 Å². The number of hydrogen-bond donors (Lipinski definition) is 0. The summed E-state index contributed by atoms with van der Waals surface area (Å²) in [4.78, 5) is 33.7. The molecule has 2 aliphatic heterocycles. The third-order valence-corrected chi connectivity index (χ3v) is 5.94. The zero-order valence-electron chi connectivity index (χ0n) is 17.9. The predicted octanol–water partition coefficient (Wildman–Crippen LogP) is 5.88. The molecular weight excluding hydrogens is 424 g/mol. The molecule has 0 N–H and O–H groups in total. The molecule has 2 heterocycles. The van der Waals surface area contributed by atoms with Gasteiger partial charge in [0.05, 0.1) is 11.4 Å². The van der Waals surface area contributed by atoms with Crippen LogP contribution >= 0.6 is 11.6 Å². The first-order valence-electron chi connectivity index (χ1n) is 10.3. The lowest BCUT2D eigenvalue weighted by molar-refractivity contribution is -0.133. The molecule has 1 atom stereocenters. The normalized spacial score (nSPS) is 19.9. The van der Waals surface area contributed by atoms with Crippen LogP contribution in [0.3, 0.4) is 0 Å². The Morgan fingerprint density at radius 1 is 0.906 bits per heavy atom. The largest absolute Gasteiger partial charge is 0.454 e. The second-order valence-electron chi connectivity index (χ2n) is 8.94. The van der Waals surface area contributed by atoms with E-state index in [0.717, 1.165) is 4.90 Å². The summed E-state index contributed by atoms with van der Waals surface area (Å²) in [6.45, 7) is 5.94. The average Bonchev–Trinajstić information content (AvgIpc) is 2.77. The van der Waals surface area contributed by atoms with Crippen molar-refractivity contribution in [1.82, 2.24) is 0 Å². The Morgan fingerprint density at radius 2 is 1.59 bits per heavy atom. The number of hydrogen-bond acceptors (Lipinski definition) is 4. The van der Waals surface area contributed by atoms with Crippen molar-refractivity contribution in [3.05, 3.63) is 94.5 Å². The van der Waals surface area contributed by atoms with Crippen molar-refractivity contribution in [1.29, 1.82) is 0 Å². The summed E-state index contributed by atoms with van der Waals surface area (Å²) < 4.78 is 6.55. The predicted molar refractivity (Wildman–Crippen MR) is 125 cm³/mol. The van der Waals surface area contributed by atoms with Crippen molar-refractivity contribution < 1.29 is 14.3 Å². The van der Waals surface area contributed by atoms with Gasteiger partial charge in [0, 0.05) is 27.1 Å². The first-order chi connectivity index (χ1) is 15.2. The van der Waals surface area contributed by atoms with Crippen molar-refractivity contribution in [2.45, 2.75) is 26.4 Å². The monoisotopic (exact) mass is 444 g/mol. The Balaban J connectivity index is 1.85. The highest BCUT2D eigenvalue weighted by Gasteiger charge is 2.58. The molecule has 1 unspecified atom stereocenters. The third kappa shape index (κ3) is 2.88. The lowest BCUT2D eigenvalue weighted by Crippen LogP contribution is -2.58. The van der Waals surface area contributed by atoms with E-state index in [9.17, 15) is 9.59 Å². The topological polar surface area (TPSA) is 59.0 Å². The van der Waals surface area contributed by atoms with E-state index in [-0.39, 0.29) is 0 Å². The van der Waals surface area contributed by atoms with Gasteiger partial charge in [-0.15, -0.1) is 0 Å². The van der Waals surface area contributed by atoms with Crippen molar-refractivity contribution in [2.24, 2.45) is 10.4 Å². The molecule has 0 saturated heterocycles. The first-order valence-corrected chi connectivity index (χ1v) is 10.7. The number of fused-ring (bicyclic) bond motifs is 4. The Labute approximate surface area is 191 Å². The molecule has 32 heavy (non-hydrogen) atoms. The van der Waals surface area contributed by atoms with E-state index in [1.165, 1.54) is 0 Å². The third-order valence-electron chi connectivity index (χ3n) is 5.71. The summed E-state index contributed by atoms with van der Waals surface area (Å²) in [6.07, 6.45) is 0. The molecule has 160 valence electrons. The molecule has 0 fully saturated rings. The molecule has 0 aromatic heterocycles. The fraction of sp³-hybridized carbons (Fsp3) is 0.192. The van der Waals surface area contributed by atoms with Gasteiger partial charge in [-0.05, 0) is 30.3 Å².